The zero-order valence-corrected chi connectivity index (χ0v) is 10.5. The van der Waals surface area contributed by atoms with Crippen molar-refractivity contribution in [2.24, 2.45) is 0 Å². The highest BCUT2D eigenvalue weighted by Gasteiger charge is 2.07. The minimum absolute atomic E-state index is 0.0186. The van der Waals surface area contributed by atoms with Crippen LogP contribution in [0.25, 0.3) is 0 Å². The lowest BCUT2D eigenvalue weighted by molar-refractivity contribution is -0.137. The second-order valence-corrected chi connectivity index (χ2v) is 3.80. The smallest absolute Gasteiger partial charge is 0.322 e. The van der Waals surface area contributed by atoms with Crippen molar-refractivity contribution in [1.29, 1.82) is 0 Å². The van der Waals surface area contributed by atoms with E-state index in [9.17, 15) is 18.8 Å². The molecule has 1 rings (SSSR count). The molecule has 0 bridgehead atoms. The van der Waals surface area contributed by atoms with Crippen LogP contribution in [0.4, 0.5) is 9.18 Å². The van der Waals surface area contributed by atoms with Gasteiger partial charge in [-0.2, -0.15) is 0 Å². The first-order valence-electron chi connectivity index (χ1n) is 5.72. The Hall–Kier alpha value is -2.64. The second-order valence-electron chi connectivity index (χ2n) is 3.80. The number of nitrogens with one attached hydrogen (secondary N) is 3. The maximum Gasteiger partial charge on any atom is 0.322 e. The van der Waals surface area contributed by atoms with Crippen LogP contribution in [0.3, 0.4) is 0 Å². The van der Waals surface area contributed by atoms with Gasteiger partial charge in [0.2, 0.25) is 5.91 Å². The molecule has 3 amide bonds. The third-order valence-corrected chi connectivity index (χ3v) is 2.24. The number of benzene rings is 1. The van der Waals surface area contributed by atoms with Crippen molar-refractivity contribution in [3.05, 3.63) is 35.6 Å². The first-order chi connectivity index (χ1) is 9.49. The lowest BCUT2D eigenvalue weighted by Gasteiger charge is -2.08. The molecule has 0 saturated heterocycles. The van der Waals surface area contributed by atoms with Crippen LogP contribution in [0.5, 0.6) is 0 Å². The van der Waals surface area contributed by atoms with Gasteiger partial charge in [0.05, 0.1) is 6.54 Å². The van der Waals surface area contributed by atoms with E-state index in [0.717, 1.165) is 0 Å². The molecular weight excluding hydrogens is 269 g/mol. The molecule has 0 atom stereocenters. The number of carboxylic acids is 1. The molecule has 0 radical (unpaired) electrons. The van der Waals surface area contributed by atoms with E-state index in [1.807, 2.05) is 0 Å². The summed E-state index contributed by atoms with van der Waals surface area (Å²) in [7, 11) is 0. The number of aliphatic carboxylic acids is 1. The number of amides is 3. The zero-order chi connectivity index (χ0) is 15.0. The Morgan fingerprint density at radius 3 is 2.40 bits per heavy atom. The third kappa shape index (κ3) is 5.80. The van der Waals surface area contributed by atoms with Crippen LogP contribution < -0.4 is 16.0 Å². The molecule has 0 unspecified atom stereocenters. The molecular formula is C12H14FN3O4. The molecule has 0 aliphatic carbocycles. The van der Waals surface area contributed by atoms with Crippen LogP contribution in [0, 0.1) is 5.82 Å². The van der Waals surface area contributed by atoms with Gasteiger partial charge in [-0.1, -0.05) is 18.2 Å². The van der Waals surface area contributed by atoms with E-state index < -0.39 is 30.3 Å². The molecule has 1 aromatic carbocycles. The van der Waals surface area contributed by atoms with Crippen LogP contribution in [-0.4, -0.2) is 36.1 Å². The maximum atomic E-state index is 13.2. The summed E-state index contributed by atoms with van der Waals surface area (Å²) in [6, 6.07) is 5.31. The van der Waals surface area contributed by atoms with Crippen molar-refractivity contribution in [2.75, 3.05) is 13.1 Å². The van der Waals surface area contributed by atoms with Crippen molar-refractivity contribution >= 4 is 17.9 Å². The fraction of sp³-hybridized carbons (Fsp3) is 0.250. The molecule has 0 fully saturated rings. The first-order valence-corrected chi connectivity index (χ1v) is 5.72. The largest absolute Gasteiger partial charge is 0.480 e. The fourth-order valence-electron chi connectivity index (χ4n) is 1.28. The van der Waals surface area contributed by atoms with Crippen molar-refractivity contribution < 1.29 is 23.9 Å². The molecule has 0 spiro atoms. The molecule has 20 heavy (non-hydrogen) atoms. The number of rotatable bonds is 6. The van der Waals surface area contributed by atoms with Crippen LogP contribution in [0.15, 0.2) is 24.3 Å². The molecule has 0 aliphatic heterocycles. The van der Waals surface area contributed by atoms with Crippen molar-refractivity contribution in [2.45, 2.75) is 6.54 Å². The summed E-state index contributed by atoms with van der Waals surface area (Å²) in [5.41, 5.74) is 0.318. The van der Waals surface area contributed by atoms with E-state index in [1.165, 1.54) is 18.2 Å². The van der Waals surface area contributed by atoms with E-state index in [-0.39, 0.29) is 13.1 Å². The number of hydrogen-bond donors (Lipinski definition) is 4. The van der Waals surface area contributed by atoms with Crippen LogP contribution in [0.2, 0.25) is 0 Å². The summed E-state index contributed by atoms with van der Waals surface area (Å²) in [6.45, 7) is -0.900. The Labute approximate surface area is 114 Å². The SMILES string of the molecule is O=C(O)CNC(=O)CNC(=O)NCc1ccccc1F. The van der Waals surface area contributed by atoms with E-state index in [0.29, 0.717) is 5.56 Å². The molecule has 0 aromatic heterocycles. The predicted octanol–water partition coefficient (Wildman–Crippen LogP) is -0.174. The summed E-state index contributed by atoms with van der Waals surface area (Å²) < 4.78 is 13.2. The summed E-state index contributed by atoms with van der Waals surface area (Å²) >= 11 is 0. The van der Waals surface area contributed by atoms with Crippen molar-refractivity contribution in [3.63, 3.8) is 0 Å². The van der Waals surface area contributed by atoms with Gasteiger partial charge in [0.15, 0.2) is 0 Å². The average Bonchev–Trinajstić information content (AvgIpc) is 2.42. The van der Waals surface area contributed by atoms with E-state index in [1.54, 1.807) is 6.07 Å². The number of halogens is 1. The van der Waals surface area contributed by atoms with Crippen LogP contribution in [0.1, 0.15) is 5.56 Å². The minimum atomic E-state index is -1.18. The molecule has 8 heteroatoms. The second kappa shape index (κ2) is 7.72. The molecule has 4 N–H and O–H groups in total. The summed E-state index contributed by atoms with van der Waals surface area (Å²) in [4.78, 5) is 32.6. The van der Waals surface area contributed by atoms with Gasteiger partial charge in [-0.05, 0) is 6.07 Å². The summed E-state index contributed by atoms with van der Waals surface area (Å²) in [5.74, 6) is -2.25. The Bertz CT molecular complexity index is 507. The Balaban J connectivity index is 2.25. The zero-order valence-electron chi connectivity index (χ0n) is 10.5. The van der Waals surface area contributed by atoms with Gasteiger partial charge in [-0.15, -0.1) is 0 Å². The van der Waals surface area contributed by atoms with Gasteiger partial charge < -0.3 is 21.1 Å². The Kier molecular flexibility index (Phi) is 5.95. The third-order valence-electron chi connectivity index (χ3n) is 2.24. The van der Waals surface area contributed by atoms with Gasteiger partial charge in [-0.3, -0.25) is 9.59 Å². The van der Waals surface area contributed by atoms with Gasteiger partial charge in [0.1, 0.15) is 12.4 Å². The highest BCUT2D eigenvalue weighted by atomic mass is 19.1. The molecule has 7 nitrogen and oxygen atoms in total. The monoisotopic (exact) mass is 283 g/mol. The van der Waals surface area contributed by atoms with Gasteiger partial charge in [-0.25, -0.2) is 9.18 Å². The topological polar surface area (TPSA) is 108 Å². The highest BCUT2D eigenvalue weighted by Crippen LogP contribution is 2.04. The molecule has 0 saturated carbocycles. The highest BCUT2D eigenvalue weighted by molar-refractivity contribution is 5.86. The van der Waals surface area contributed by atoms with E-state index in [2.05, 4.69) is 16.0 Å². The lowest BCUT2D eigenvalue weighted by atomic mass is 10.2. The summed E-state index contributed by atoms with van der Waals surface area (Å²) in [5, 5.41) is 15.0. The normalized spacial score (nSPS) is 9.65. The number of hydrogen-bond acceptors (Lipinski definition) is 3. The van der Waals surface area contributed by atoms with Crippen molar-refractivity contribution in [3.8, 4) is 0 Å². The Morgan fingerprint density at radius 2 is 1.75 bits per heavy atom. The predicted molar refractivity (Wildman–Crippen MR) is 67.3 cm³/mol. The van der Waals surface area contributed by atoms with Gasteiger partial charge >= 0.3 is 12.0 Å². The van der Waals surface area contributed by atoms with Crippen LogP contribution >= 0.6 is 0 Å². The van der Waals surface area contributed by atoms with Crippen molar-refractivity contribution in [1.82, 2.24) is 16.0 Å². The molecule has 108 valence electrons. The Morgan fingerprint density at radius 1 is 1.05 bits per heavy atom. The average molecular weight is 283 g/mol. The van der Waals surface area contributed by atoms with Gasteiger partial charge in [0, 0.05) is 12.1 Å². The van der Waals surface area contributed by atoms with Gasteiger partial charge in [0.25, 0.3) is 0 Å². The lowest BCUT2D eigenvalue weighted by Crippen LogP contribution is -2.42. The number of carboxylic acid groups (broad SMARTS) is 1. The van der Waals surface area contributed by atoms with Crippen LogP contribution in [-0.2, 0) is 16.1 Å². The first kappa shape index (κ1) is 15.4. The fourth-order valence-corrected chi connectivity index (χ4v) is 1.28. The van der Waals surface area contributed by atoms with E-state index >= 15 is 0 Å². The standard InChI is InChI=1S/C12H14FN3O4/c13-9-4-2-1-3-8(9)5-15-12(20)16-6-10(17)14-7-11(18)19/h1-4H,5-7H2,(H,14,17)(H,18,19)(H2,15,16,20). The quantitative estimate of drug-likeness (QED) is 0.581. The molecule has 1 aromatic rings. The number of carbonyl (C=O) groups excluding carboxylic acids is 2. The molecule has 0 heterocycles. The maximum absolute atomic E-state index is 13.2. The number of urea groups is 1. The number of carbonyl (C=O) groups is 3. The molecule has 0 aliphatic rings. The summed E-state index contributed by atoms with van der Waals surface area (Å²) in [6.07, 6.45) is 0. The minimum Gasteiger partial charge on any atom is -0.480 e. The van der Waals surface area contributed by atoms with E-state index in [4.69, 9.17) is 5.11 Å².